The highest BCUT2D eigenvalue weighted by Crippen LogP contribution is 2.28. The Balaban J connectivity index is 3.17. The van der Waals surface area contributed by atoms with E-state index in [1.807, 2.05) is 0 Å². The zero-order valence-corrected chi connectivity index (χ0v) is 9.08. The van der Waals surface area contributed by atoms with Gasteiger partial charge in [0.1, 0.15) is 6.29 Å². The lowest BCUT2D eigenvalue weighted by atomic mass is 10.2. The first-order chi connectivity index (χ1) is 6.96. The van der Waals surface area contributed by atoms with Crippen LogP contribution in [0, 0.1) is 0 Å². The molecule has 0 aliphatic carbocycles. The van der Waals surface area contributed by atoms with Gasteiger partial charge in [-0.25, -0.2) is 0 Å². The third-order valence-electron chi connectivity index (χ3n) is 1.56. The van der Waals surface area contributed by atoms with E-state index in [2.05, 4.69) is 4.18 Å². The predicted molar refractivity (Wildman–Crippen MR) is 53.9 cm³/mol. The lowest BCUT2D eigenvalue weighted by Gasteiger charge is -2.08. The number of aldehydes is 1. The second-order valence-electron chi connectivity index (χ2n) is 2.82. The molecule has 0 bridgehead atoms. The molecule has 0 spiro atoms. The molecule has 5 nitrogen and oxygen atoms in total. The summed E-state index contributed by atoms with van der Waals surface area (Å²) in [5.41, 5.74) is 0.314. The quantitative estimate of drug-likeness (QED) is 0.566. The Bertz CT molecular complexity index is 463. The molecule has 0 aromatic heterocycles. The van der Waals surface area contributed by atoms with E-state index in [4.69, 9.17) is 4.74 Å². The normalized spacial score (nSPS) is 10.8. The maximum absolute atomic E-state index is 10.9. The van der Waals surface area contributed by atoms with Crippen LogP contribution < -0.4 is 8.92 Å². The van der Waals surface area contributed by atoms with Crippen LogP contribution in [0.2, 0.25) is 0 Å². The summed E-state index contributed by atoms with van der Waals surface area (Å²) < 4.78 is 31.3. The van der Waals surface area contributed by atoms with Gasteiger partial charge in [0.05, 0.1) is 13.4 Å². The third-order valence-corrected chi connectivity index (χ3v) is 2.05. The van der Waals surface area contributed by atoms with E-state index in [1.54, 1.807) is 0 Å². The van der Waals surface area contributed by atoms with Gasteiger partial charge in [-0.3, -0.25) is 4.79 Å². The molecule has 15 heavy (non-hydrogen) atoms. The molecule has 0 aliphatic rings. The van der Waals surface area contributed by atoms with Crippen molar-refractivity contribution in [1.82, 2.24) is 0 Å². The van der Waals surface area contributed by atoms with E-state index in [9.17, 15) is 13.2 Å². The summed E-state index contributed by atoms with van der Waals surface area (Å²) in [5, 5.41) is 0. The zero-order chi connectivity index (χ0) is 11.5. The van der Waals surface area contributed by atoms with Crippen molar-refractivity contribution in [2.75, 3.05) is 13.4 Å². The van der Waals surface area contributed by atoms with Gasteiger partial charge in [-0.2, -0.15) is 8.42 Å². The smallest absolute Gasteiger partial charge is 0.306 e. The fourth-order valence-electron chi connectivity index (χ4n) is 0.995. The van der Waals surface area contributed by atoms with E-state index < -0.39 is 10.1 Å². The number of ether oxygens (including phenoxy) is 1. The van der Waals surface area contributed by atoms with Gasteiger partial charge < -0.3 is 8.92 Å². The minimum atomic E-state index is -3.63. The molecule has 0 N–H and O–H groups in total. The molecular formula is C9H10O5S. The third kappa shape index (κ3) is 3.25. The Hall–Kier alpha value is -1.56. The number of carbonyl (C=O) groups is 1. The second-order valence-corrected chi connectivity index (χ2v) is 4.39. The molecule has 0 unspecified atom stereocenters. The van der Waals surface area contributed by atoms with Gasteiger partial charge >= 0.3 is 10.1 Å². The summed E-state index contributed by atoms with van der Waals surface area (Å²) in [7, 11) is -2.25. The van der Waals surface area contributed by atoms with Crippen molar-refractivity contribution in [2.45, 2.75) is 0 Å². The van der Waals surface area contributed by atoms with Crippen LogP contribution in [0.25, 0.3) is 0 Å². The molecule has 0 aliphatic heterocycles. The van der Waals surface area contributed by atoms with Crippen molar-refractivity contribution < 1.29 is 22.1 Å². The second kappa shape index (κ2) is 4.31. The lowest BCUT2D eigenvalue weighted by Crippen LogP contribution is -2.07. The minimum Gasteiger partial charge on any atom is -0.493 e. The molecule has 1 aromatic rings. The summed E-state index contributed by atoms with van der Waals surface area (Å²) in [5.74, 6) is 0.260. The number of hydrogen-bond acceptors (Lipinski definition) is 5. The van der Waals surface area contributed by atoms with Gasteiger partial charge in [-0.05, 0) is 18.2 Å². The summed E-state index contributed by atoms with van der Waals surface area (Å²) in [6.45, 7) is 0. The summed E-state index contributed by atoms with van der Waals surface area (Å²) >= 11 is 0. The SMILES string of the molecule is COc1ccc(C=O)cc1OS(C)(=O)=O. The van der Waals surface area contributed by atoms with E-state index >= 15 is 0 Å². The van der Waals surface area contributed by atoms with Crippen molar-refractivity contribution in [3.05, 3.63) is 23.8 Å². The van der Waals surface area contributed by atoms with Crippen molar-refractivity contribution in [1.29, 1.82) is 0 Å². The molecule has 0 radical (unpaired) electrons. The molecule has 82 valence electrons. The first kappa shape index (κ1) is 11.5. The fraction of sp³-hybridized carbons (Fsp3) is 0.222. The Morgan fingerprint density at radius 1 is 1.27 bits per heavy atom. The van der Waals surface area contributed by atoms with E-state index in [0.29, 0.717) is 11.8 Å². The molecule has 1 aromatic carbocycles. The first-order valence-corrected chi connectivity index (χ1v) is 5.80. The number of rotatable bonds is 4. The van der Waals surface area contributed by atoms with E-state index in [0.717, 1.165) is 6.26 Å². The Morgan fingerprint density at radius 3 is 2.40 bits per heavy atom. The molecule has 0 amide bonds. The summed E-state index contributed by atoms with van der Waals surface area (Å²) in [4.78, 5) is 10.5. The number of carbonyl (C=O) groups excluding carboxylic acids is 1. The van der Waals surface area contributed by atoms with Crippen LogP contribution in [0.5, 0.6) is 11.5 Å². The molecule has 1 rings (SSSR count). The molecule has 0 fully saturated rings. The van der Waals surface area contributed by atoms with E-state index in [-0.39, 0.29) is 11.5 Å². The molecule has 0 heterocycles. The largest absolute Gasteiger partial charge is 0.493 e. The molecule has 0 saturated carbocycles. The van der Waals surface area contributed by atoms with Crippen LogP contribution in [0.3, 0.4) is 0 Å². The summed E-state index contributed by atoms with van der Waals surface area (Å²) in [6, 6.07) is 4.26. The van der Waals surface area contributed by atoms with Crippen LogP contribution in [0.1, 0.15) is 10.4 Å². The van der Waals surface area contributed by atoms with Crippen molar-refractivity contribution in [3.63, 3.8) is 0 Å². The highest BCUT2D eigenvalue weighted by Gasteiger charge is 2.11. The van der Waals surface area contributed by atoms with Crippen LogP contribution in [0.4, 0.5) is 0 Å². The number of hydrogen-bond donors (Lipinski definition) is 0. The van der Waals surface area contributed by atoms with Gasteiger partial charge in [0.25, 0.3) is 0 Å². The highest BCUT2D eigenvalue weighted by molar-refractivity contribution is 7.86. The fourth-order valence-corrected chi connectivity index (χ4v) is 1.45. The Labute approximate surface area is 87.7 Å². The Kier molecular flexibility index (Phi) is 3.31. The summed E-state index contributed by atoms with van der Waals surface area (Å²) in [6.07, 6.45) is 1.51. The standard InChI is InChI=1S/C9H10O5S/c1-13-8-4-3-7(6-10)5-9(8)14-15(2,11)12/h3-6H,1-2H3. The topological polar surface area (TPSA) is 69.7 Å². The average Bonchev–Trinajstić information content (AvgIpc) is 2.15. The van der Waals surface area contributed by atoms with Gasteiger partial charge in [-0.1, -0.05) is 0 Å². The molecule has 0 saturated heterocycles. The minimum absolute atomic E-state index is 0.00426. The predicted octanol–water partition coefficient (Wildman–Crippen LogP) is 0.846. The van der Waals surface area contributed by atoms with Crippen molar-refractivity contribution in [3.8, 4) is 11.5 Å². The highest BCUT2D eigenvalue weighted by atomic mass is 32.2. The van der Waals surface area contributed by atoms with Gasteiger partial charge in [0.2, 0.25) is 0 Å². The van der Waals surface area contributed by atoms with Crippen LogP contribution in [-0.4, -0.2) is 28.1 Å². The van der Waals surface area contributed by atoms with Crippen molar-refractivity contribution >= 4 is 16.4 Å². The zero-order valence-electron chi connectivity index (χ0n) is 8.26. The van der Waals surface area contributed by atoms with Gasteiger partial charge in [0.15, 0.2) is 11.5 Å². The average molecular weight is 230 g/mol. The van der Waals surface area contributed by atoms with E-state index in [1.165, 1.54) is 25.3 Å². The van der Waals surface area contributed by atoms with Crippen LogP contribution >= 0.6 is 0 Å². The first-order valence-electron chi connectivity index (χ1n) is 3.99. The number of methoxy groups -OCH3 is 1. The van der Waals surface area contributed by atoms with Crippen molar-refractivity contribution in [2.24, 2.45) is 0 Å². The van der Waals surface area contributed by atoms with Gasteiger partial charge in [0, 0.05) is 5.56 Å². The maximum atomic E-state index is 10.9. The number of benzene rings is 1. The van der Waals surface area contributed by atoms with Crippen LogP contribution in [0.15, 0.2) is 18.2 Å². The molecule has 0 atom stereocenters. The molecule has 6 heteroatoms. The van der Waals surface area contributed by atoms with Gasteiger partial charge in [-0.15, -0.1) is 0 Å². The monoisotopic (exact) mass is 230 g/mol. The maximum Gasteiger partial charge on any atom is 0.306 e. The van der Waals surface area contributed by atoms with Crippen LogP contribution in [-0.2, 0) is 10.1 Å². The lowest BCUT2D eigenvalue weighted by molar-refractivity contribution is 0.112. The Morgan fingerprint density at radius 2 is 1.93 bits per heavy atom. The molecular weight excluding hydrogens is 220 g/mol.